The van der Waals surface area contributed by atoms with Crippen LogP contribution in [0.3, 0.4) is 0 Å². The summed E-state index contributed by atoms with van der Waals surface area (Å²) < 4.78 is 15.7. The fourth-order valence-electron chi connectivity index (χ4n) is 9.22. The van der Waals surface area contributed by atoms with E-state index in [1.165, 1.54) is 0 Å². The third-order valence-corrected chi connectivity index (χ3v) is 13.6. The minimum absolute atomic E-state index is 0.330. The average molecular weight is 1160 g/mol. The lowest BCUT2D eigenvalue weighted by atomic mass is 9.80. The molecule has 0 radical (unpaired) electrons. The molecule has 0 fully saturated rings. The lowest BCUT2D eigenvalue weighted by molar-refractivity contribution is 0.0512. The van der Waals surface area contributed by atoms with Gasteiger partial charge in [-0.05, 0) is 123 Å². The Morgan fingerprint density at radius 1 is 0.524 bits per heavy atom. The van der Waals surface area contributed by atoms with Crippen molar-refractivity contribution in [1.29, 1.82) is 0 Å². The molecule has 0 spiro atoms. The number of aromatic nitrogens is 6. The van der Waals surface area contributed by atoms with Crippen molar-refractivity contribution in [2.75, 3.05) is 10.6 Å². The molecule has 12 rings (SSSR count). The second kappa shape index (κ2) is 24.2. The molecule has 16 nitrogen and oxygen atoms in total. The molecule has 6 heterocycles. The van der Waals surface area contributed by atoms with Crippen LogP contribution in [0.2, 0.25) is 0 Å². The lowest BCUT2D eigenvalue weighted by Gasteiger charge is -2.19. The number of hydrogen-bond donors (Lipinski definition) is 6. The maximum atomic E-state index is 12.1. The first-order valence-corrected chi connectivity index (χ1v) is 27.4. The Morgan fingerprint density at radius 2 is 0.951 bits per heavy atom. The highest BCUT2D eigenvalue weighted by Crippen LogP contribution is 2.45. The molecule has 10 aromatic rings. The maximum absolute atomic E-state index is 12.1. The number of amides is 2. The third-order valence-electron chi connectivity index (χ3n) is 12.9. The van der Waals surface area contributed by atoms with Crippen molar-refractivity contribution in [1.82, 2.24) is 39.7 Å². The number of rotatable bonds is 8. The van der Waals surface area contributed by atoms with Gasteiger partial charge in [-0.1, -0.05) is 133 Å². The summed E-state index contributed by atoms with van der Waals surface area (Å²) in [6, 6.07) is 59.6. The number of benzene rings is 6. The van der Waals surface area contributed by atoms with Gasteiger partial charge in [0.05, 0.1) is 34.1 Å². The predicted octanol–water partition coefficient (Wildman–Crippen LogP) is 13.2. The van der Waals surface area contributed by atoms with E-state index < -0.39 is 30.5 Å². The zero-order valence-corrected chi connectivity index (χ0v) is 47.6. The predicted molar refractivity (Wildman–Crippen MR) is 327 cm³/mol. The van der Waals surface area contributed by atoms with Gasteiger partial charge in [-0.2, -0.15) is 0 Å². The van der Waals surface area contributed by atoms with Crippen LogP contribution in [0.25, 0.3) is 67.9 Å². The lowest BCUT2D eigenvalue weighted by Crippen LogP contribution is -2.32. The van der Waals surface area contributed by atoms with Gasteiger partial charge in [0.1, 0.15) is 33.1 Å². The highest BCUT2D eigenvalue weighted by atomic mass is 79.9. The molecule has 2 aliphatic heterocycles. The van der Waals surface area contributed by atoms with Crippen molar-refractivity contribution in [3.8, 4) is 67.9 Å². The molecule has 412 valence electrons. The fourth-order valence-corrected chi connectivity index (χ4v) is 9.90. The number of hydrogen-bond acceptors (Lipinski definition) is 12. The normalized spacial score (nSPS) is 11.6. The Balaban J connectivity index is 0.000000150. The molecule has 82 heavy (non-hydrogen) atoms. The van der Waals surface area contributed by atoms with Gasteiger partial charge in [0.15, 0.2) is 11.6 Å². The van der Waals surface area contributed by atoms with Crippen molar-refractivity contribution in [2.24, 2.45) is 0 Å². The first-order chi connectivity index (χ1) is 39.5. The minimum atomic E-state index is -1.47. The summed E-state index contributed by atoms with van der Waals surface area (Å²) in [7, 11) is -1.47. The minimum Gasteiger partial charge on any atom is -0.444 e. The monoisotopic (exact) mass is 1150 g/mol. The molecule has 0 atom stereocenters. The molecule has 0 bridgehead atoms. The number of alkyl carbamates (subject to hydrolysis) is 2. The number of anilines is 4. The van der Waals surface area contributed by atoms with Gasteiger partial charge in [0, 0.05) is 53.3 Å². The van der Waals surface area contributed by atoms with Crippen LogP contribution in [0.1, 0.15) is 52.7 Å². The van der Waals surface area contributed by atoms with E-state index in [-0.39, 0.29) is 0 Å². The first kappa shape index (κ1) is 55.9. The number of ether oxygens (including phenoxy) is 2. The van der Waals surface area contributed by atoms with Crippen molar-refractivity contribution >= 4 is 63.7 Å². The van der Waals surface area contributed by atoms with Crippen LogP contribution in [0.4, 0.5) is 32.6 Å². The average Bonchev–Trinajstić information content (AvgIpc) is 4.01. The van der Waals surface area contributed by atoms with E-state index >= 15 is 0 Å². The van der Waals surface area contributed by atoms with E-state index in [0.717, 1.165) is 107 Å². The molecule has 2 aliphatic rings. The van der Waals surface area contributed by atoms with E-state index in [1.54, 1.807) is 57.4 Å². The molecule has 6 aromatic carbocycles. The molecule has 0 saturated heterocycles. The van der Waals surface area contributed by atoms with E-state index in [4.69, 9.17) is 29.5 Å². The van der Waals surface area contributed by atoms with Gasteiger partial charge in [0.25, 0.3) is 0 Å². The van der Waals surface area contributed by atoms with Crippen LogP contribution in [0, 0.1) is 0 Å². The Kier molecular flexibility index (Phi) is 16.5. The molecule has 6 N–H and O–H groups in total. The maximum Gasteiger partial charge on any atom is 0.488 e. The summed E-state index contributed by atoms with van der Waals surface area (Å²) in [5, 5.41) is 30.2. The van der Waals surface area contributed by atoms with Crippen LogP contribution in [0.5, 0.6) is 0 Å². The summed E-state index contributed by atoms with van der Waals surface area (Å²) in [5.74, 6) is 3.31. The number of para-hydroxylation sites is 2. The summed E-state index contributed by atoms with van der Waals surface area (Å²) in [6.07, 6.45) is 2.67. The van der Waals surface area contributed by atoms with Gasteiger partial charge in [-0.25, -0.2) is 29.5 Å². The molecule has 0 unspecified atom stereocenters. The highest BCUT2D eigenvalue weighted by Gasteiger charge is 2.29. The molecule has 0 saturated carbocycles. The van der Waals surface area contributed by atoms with Crippen LogP contribution in [-0.4, -0.2) is 69.6 Å². The topological polar surface area (TPSA) is 203 Å². The van der Waals surface area contributed by atoms with Crippen molar-refractivity contribution < 1.29 is 29.1 Å². The smallest absolute Gasteiger partial charge is 0.444 e. The summed E-state index contributed by atoms with van der Waals surface area (Å²) in [6.45, 7) is 11.6. The summed E-state index contributed by atoms with van der Waals surface area (Å²) in [4.78, 5) is 42.9. The Hall–Kier alpha value is -9.36. The number of halogens is 1. The van der Waals surface area contributed by atoms with E-state index in [0.29, 0.717) is 18.6 Å². The largest absolute Gasteiger partial charge is 0.488 e. The van der Waals surface area contributed by atoms with Crippen molar-refractivity contribution in [3.05, 3.63) is 210 Å². The first-order valence-electron chi connectivity index (χ1n) is 26.6. The van der Waals surface area contributed by atoms with Crippen LogP contribution < -0.4 is 26.7 Å². The summed E-state index contributed by atoms with van der Waals surface area (Å²) >= 11 is 3.78. The Labute approximate surface area is 484 Å². The number of carbonyl (C=O) groups is 2. The fraction of sp³-hybridized carbons (Fsp3) is 0.156. The molecule has 4 aromatic heterocycles. The SMILES string of the molecule is Brc1c(-c2ccccc2)nc2n1-c1cccnc1Nc1ccccc1-2.CC(C)(C)OC(=O)NCc1ccc(-c2c(-c3ccccc3)nc3n2-c2cccnc2Nc2ccccc2-3)cc1.CC(C)(C)OC(=O)NCc1ccc(B(O)O)cc1. The molecule has 2 amide bonds. The van der Waals surface area contributed by atoms with Crippen molar-refractivity contribution in [3.63, 3.8) is 0 Å². The van der Waals surface area contributed by atoms with Gasteiger partial charge >= 0.3 is 19.3 Å². The quantitative estimate of drug-likeness (QED) is 0.0787. The van der Waals surface area contributed by atoms with E-state index in [1.807, 2.05) is 124 Å². The van der Waals surface area contributed by atoms with Crippen LogP contribution >= 0.6 is 15.9 Å². The zero-order valence-electron chi connectivity index (χ0n) is 46.1. The van der Waals surface area contributed by atoms with E-state index in [2.05, 4.69) is 111 Å². The zero-order chi connectivity index (χ0) is 57.5. The van der Waals surface area contributed by atoms with Crippen LogP contribution in [0.15, 0.2) is 199 Å². The summed E-state index contributed by atoms with van der Waals surface area (Å²) in [5.41, 5.74) is 12.9. The standard InChI is InChI=1S/C32H29N5O2.C20H13BrN4.C12H18BNO4/c1-32(2,3)39-31(38)34-20-21-15-17-23(18-16-21)28-27(22-10-5-4-6-11-22)36-30-24-12-7-8-13-25(24)35-29-26(37(28)30)14-9-19-33-29;21-18-17(13-7-2-1-3-8-13)24-20-14-9-4-5-10-15(14)23-19-16(25(18)20)11-6-12-22-19;1-12(2,3)18-11(15)14-8-9-4-6-10(7-5-9)13(16)17/h4-19H,20H2,1-3H3,(H,33,35)(H,34,38);1-12H,(H,22,23);4-7,16-17H,8H2,1-3H3,(H,14,15). The number of nitrogens with one attached hydrogen (secondary N) is 4. The Bertz CT molecular complexity index is 3880. The Morgan fingerprint density at radius 3 is 1.44 bits per heavy atom. The number of carbonyl (C=O) groups excluding carboxylic acids is 2. The number of pyridine rings is 2. The van der Waals surface area contributed by atoms with E-state index in [9.17, 15) is 9.59 Å². The van der Waals surface area contributed by atoms with Crippen molar-refractivity contribution in [2.45, 2.75) is 65.8 Å². The third kappa shape index (κ3) is 13.0. The number of nitrogens with zero attached hydrogens (tertiary/aromatic N) is 6. The van der Waals surface area contributed by atoms with Gasteiger partial charge in [0.2, 0.25) is 0 Å². The second-order valence-corrected chi connectivity index (χ2v) is 22.0. The van der Waals surface area contributed by atoms with Gasteiger partial charge < -0.3 is 40.8 Å². The van der Waals surface area contributed by atoms with Gasteiger partial charge in [-0.15, -0.1) is 0 Å². The molecular formula is C64H60BBrN10O6. The molecule has 18 heteroatoms. The number of fused-ring (bicyclic) bond motifs is 10. The molecular weight excluding hydrogens is 1100 g/mol. The van der Waals surface area contributed by atoms with Gasteiger partial charge in [-0.3, -0.25) is 9.13 Å². The van der Waals surface area contributed by atoms with Crippen LogP contribution in [-0.2, 0) is 22.6 Å². The second-order valence-electron chi connectivity index (χ2n) is 21.2. The number of imidazole rings is 2. The highest BCUT2D eigenvalue weighted by molar-refractivity contribution is 9.10. The molecule has 0 aliphatic carbocycles.